The lowest BCUT2D eigenvalue weighted by Gasteiger charge is -2.09. The summed E-state index contributed by atoms with van der Waals surface area (Å²) >= 11 is 3.39. The number of unbranched alkanes of at least 4 members (excludes halogenated alkanes) is 1. The van der Waals surface area contributed by atoms with Crippen LogP contribution in [-0.4, -0.2) is 12.6 Å². The van der Waals surface area contributed by atoms with E-state index in [1.165, 1.54) is 0 Å². The van der Waals surface area contributed by atoms with Crippen LogP contribution in [0.25, 0.3) is 0 Å². The summed E-state index contributed by atoms with van der Waals surface area (Å²) in [6.45, 7) is 4.78. The molecule has 1 rings (SSSR count). The first-order valence-corrected chi connectivity index (χ1v) is 6.23. The summed E-state index contributed by atoms with van der Waals surface area (Å²) in [5.74, 6) is 0. The van der Waals surface area contributed by atoms with E-state index in [-0.39, 0.29) is 6.03 Å². The van der Waals surface area contributed by atoms with Crippen LogP contribution < -0.4 is 10.6 Å². The molecule has 0 saturated heterocycles. The molecule has 0 aromatic heterocycles. The van der Waals surface area contributed by atoms with Crippen molar-refractivity contribution >= 4 is 27.6 Å². The van der Waals surface area contributed by atoms with E-state index in [4.69, 9.17) is 0 Å². The molecule has 0 spiro atoms. The summed E-state index contributed by atoms with van der Waals surface area (Å²) in [5.41, 5.74) is 1.89. The molecule has 3 nitrogen and oxygen atoms in total. The second kappa shape index (κ2) is 6.53. The second-order valence-corrected chi connectivity index (χ2v) is 4.61. The van der Waals surface area contributed by atoms with Gasteiger partial charge in [0.2, 0.25) is 0 Å². The topological polar surface area (TPSA) is 41.1 Å². The molecule has 0 bridgehead atoms. The fraction of sp³-hybridized carbons (Fsp3) is 0.417. The minimum atomic E-state index is -0.140. The number of hydrogen-bond acceptors (Lipinski definition) is 1. The standard InChI is InChI=1S/C12H17BrN2O/c1-3-4-7-14-12(16)15-11-6-5-10(13)8-9(11)2/h5-6,8H,3-4,7H2,1-2H3,(H2,14,15,16). The fourth-order valence-electron chi connectivity index (χ4n) is 1.31. The van der Waals surface area contributed by atoms with Gasteiger partial charge < -0.3 is 10.6 Å². The van der Waals surface area contributed by atoms with Gasteiger partial charge in [0, 0.05) is 16.7 Å². The summed E-state index contributed by atoms with van der Waals surface area (Å²) in [5, 5.41) is 5.64. The van der Waals surface area contributed by atoms with Crippen LogP contribution >= 0.6 is 15.9 Å². The first-order valence-electron chi connectivity index (χ1n) is 5.44. The number of amides is 2. The highest BCUT2D eigenvalue weighted by Gasteiger charge is 2.03. The number of aryl methyl sites for hydroxylation is 1. The molecule has 1 aromatic rings. The highest BCUT2D eigenvalue weighted by molar-refractivity contribution is 9.10. The van der Waals surface area contributed by atoms with Crippen LogP contribution in [0, 0.1) is 6.92 Å². The van der Waals surface area contributed by atoms with Gasteiger partial charge in [-0.2, -0.15) is 0 Å². The molecule has 0 aliphatic rings. The first-order chi connectivity index (χ1) is 7.63. The lowest BCUT2D eigenvalue weighted by Crippen LogP contribution is -2.29. The maximum absolute atomic E-state index is 11.5. The van der Waals surface area contributed by atoms with E-state index in [9.17, 15) is 4.79 Å². The van der Waals surface area contributed by atoms with Crippen molar-refractivity contribution in [2.75, 3.05) is 11.9 Å². The van der Waals surface area contributed by atoms with E-state index in [0.29, 0.717) is 0 Å². The average molecular weight is 285 g/mol. The normalized spacial score (nSPS) is 9.94. The van der Waals surface area contributed by atoms with Crippen molar-refractivity contribution in [1.29, 1.82) is 0 Å². The molecule has 0 heterocycles. The third-order valence-electron chi connectivity index (χ3n) is 2.25. The van der Waals surface area contributed by atoms with Crippen LogP contribution in [0.5, 0.6) is 0 Å². The molecule has 2 amide bonds. The molecule has 0 unspecified atom stereocenters. The van der Waals surface area contributed by atoms with Crippen LogP contribution in [0.3, 0.4) is 0 Å². The zero-order valence-electron chi connectivity index (χ0n) is 9.64. The van der Waals surface area contributed by atoms with E-state index in [1.54, 1.807) is 0 Å². The van der Waals surface area contributed by atoms with Crippen LogP contribution in [0.1, 0.15) is 25.3 Å². The molecule has 1 aromatic carbocycles. The minimum Gasteiger partial charge on any atom is -0.338 e. The van der Waals surface area contributed by atoms with Crippen molar-refractivity contribution < 1.29 is 4.79 Å². The van der Waals surface area contributed by atoms with Gasteiger partial charge in [-0.1, -0.05) is 29.3 Å². The summed E-state index contributed by atoms with van der Waals surface area (Å²) in [7, 11) is 0. The van der Waals surface area contributed by atoms with E-state index in [0.717, 1.165) is 35.1 Å². The lowest BCUT2D eigenvalue weighted by atomic mass is 10.2. The maximum atomic E-state index is 11.5. The lowest BCUT2D eigenvalue weighted by molar-refractivity contribution is 0.252. The molecule has 0 fully saturated rings. The molecule has 0 radical (unpaired) electrons. The van der Waals surface area contributed by atoms with Crippen molar-refractivity contribution in [3.8, 4) is 0 Å². The smallest absolute Gasteiger partial charge is 0.319 e. The maximum Gasteiger partial charge on any atom is 0.319 e. The Kier molecular flexibility index (Phi) is 5.32. The number of nitrogens with one attached hydrogen (secondary N) is 2. The Bertz CT molecular complexity index is 366. The van der Waals surface area contributed by atoms with Crippen molar-refractivity contribution in [2.45, 2.75) is 26.7 Å². The van der Waals surface area contributed by atoms with Gasteiger partial charge in [-0.25, -0.2) is 4.79 Å². The molecule has 0 atom stereocenters. The molecule has 0 aliphatic carbocycles. The Morgan fingerprint density at radius 1 is 1.44 bits per heavy atom. The molecule has 0 aliphatic heterocycles. The van der Waals surface area contributed by atoms with E-state index < -0.39 is 0 Å². The second-order valence-electron chi connectivity index (χ2n) is 3.69. The van der Waals surface area contributed by atoms with Crippen LogP contribution in [0.15, 0.2) is 22.7 Å². The number of carbonyl (C=O) groups is 1. The number of carbonyl (C=O) groups excluding carboxylic acids is 1. The molecule has 88 valence electrons. The van der Waals surface area contributed by atoms with Crippen molar-refractivity contribution in [3.63, 3.8) is 0 Å². The number of benzene rings is 1. The summed E-state index contributed by atoms with van der Waals surface area (Å²) < 4.78 is 1.02. The SMILES string of the molecule is CCCCNC(=O)Nc1ccc(Br)cc1C. The van der Waals surface area contributed by atoms with Crippen molar-refractivity contribution in [2.24, 2.45) is 0 Å². The number of urea groups is 1. The van der Waals surface area contributed by atoms with Gasteiger partial charge in [0.25, 0.3) is 0 Å². The van der Waals surface area contributed by atoms with Gasteiger partial charge in [0.15, 0.2) is 0 Å². The third-order valence-corrected chi connectivity index (χ3v) is 2.75. The first kappa shape index (κ1) is 13.0. The Balaban J connectivity index is 2.49. The van der Waals surface area contributed by atoms with Crippen LogP contribution in [-0.2, 0) is 0 Å². The average Bonchev–Trinajstić information content (AvgIpc) is 2.23. The number of anilines is 1. The molecule has 0 saturated carbocycles. The number of rotatable bonds is 4. The molecule has 4 heteroatoms. The van der Waals surface area contributed by atoms with Crippen LogP contribution in [0.2, 0.25) is 0 Å². The van der Waals surface area contributed by atoms with Gasteiger partial charge in [0.1, 0.15) is 0 Å². The Morgan fingerprint density at radius 2 is 2.19 bits per heavy atom. The minimum absolute atomic E-state index is 0.140. The Labute approximate surface area is 105 Å². The summed E-state index contributed by atoms with van der Waals surface area (Å²) in [6, 6.07) is 5.63. The Morgan fingerprint density at radius 3 is 2.81 bits per heavy atom. The van der Waals surface area contributed by atoms with Gasteiger partial charge in [-0.15, -0.1) is 0 Å². The highest BCUT2D eigenvalue weighted by atomic mass is 79.9. The summed E-state index contributed by atoms with van der Waals surface area (Å²) in [4.78, 5) is 11.5. The molecular formula is C12H17BrN2O. The van der Waals surface area contributed by atoms with Crippen molar-refractivity contribution in [3.05, 3.63) is 28.2 Å². The highest BCUT2D eigenvalue weighted by Crippen LogP contribution is 2.19. The zero-order valence-corrected chi connectivity index (χ0v) is 11.2. The molecule has 16 heavy (non-hydrogen) atoms. The third kappa shape index (κ3) is 4.23. The molecule has 2 N–H and O–H groups in total. The molecular weight excluding hydrogens is 268 g/mol. The van der Waals surface area contributed by atoms with Gasteiger partial charge in [-0.3, -0.25) is 0 Å². The number of hydrogen-bond donors (Lipinski definition) is 2. The predicted octanol–water partition coefficient (Wildman–Crippen LogP) is 3.68. The summed E-state index contributed by atoms with van der Waals surface area (Å²) in [6.07, 6.45) is 2.09. The van der Waals surface area contributed by atoms with Crippen molar-refractivity contribution in [1.82, 2.24) is 5.32 Å². The van der Waals surface area contributed by atoms with Crippen LogP contribution in [0.4, 0.5) is 10.5 Å². The van der Waals surface area contributed by atoms with Gasteiger partial charge >= 0.3 is 6.03 Å². The monoisotopic (exact) mass is 284 g/mol. The van der Waals surface area contributed by atoms with E-state index >= 15 is 0 Å². The largest absolute Gasteiger partial charge is 0.338 e. The van der Waals surface area contributed by atoms with Gasteiger partial charge in [-0.05, 0) is 37.1 Å². The Hall–Kier alpha value is -1.03. The number of halogens is 1. The quantitative estimate of drug-likeness (QED) is 0.814. The van der Waals surface area contributed by atoms with Gasteiger partial charge in [0.05, 0.1) is 0 Å². The predicted molar refractivity (Wildman–Crippen MR) is 70.8 cm³/mol. The fourth-order valence-corrected chi connectivity index (χ4v) is 1.79. The van der Waals surface area contributed by atoms with E-state index in [2.05, 4.69) is 33.5 Å². The zero-order chi connectivity index (χ0) is 12.0. The van der Waals surface area contributed by atoms with E-state index in [1.807, 2.05) is 25.1 Å².